The van der Waals surface area contributed by atoms with Crippen LogP contribution in [0.15, 0.2) is 22.7 Å². The van der Waals surface area contributed by atoms with Crippen molar-refractivity contribution in [3.63, 3.8) is 0 Å². The largest absolute Gasteiger partial charge is 0.496 e. The van der Waals surface area contributed by atoms with Gasteiger partial charge in [0.05, 0.1) is 11.6 Å². The zero-order valence-corrected chi connectivity index (χ0v) is 12.2. The normalized spacial score (nSPS) is 16.7. The van der Waals surface area contributed by atoms with Gasteiger partial charge in [-0.25, -0.2) is 0 Å². The Morgan fingerprint density at radius 3 is 2.65 bits per heavy atom. The summed E-state index contributed by atoms with van der Waals surface area (Å²) in [6.45, 7) is 1.02. The maximum atomic E-state index is 5.24. The van der Waals surface area contributed by atoms with Crippen LogP contribution >= 0.6 is 15.9 Å². The molecule has 1 aliphatic carbocycles. The van der Waals surface area contributed by atoms with Gasteiger partial charge in [-0.05, 0) is 53.5 Å². The number of nitrogens with zero attached hydrogens (tertiary/aromatic N) is 1. The molecule has 3 heteroatoms. The molecule has 0 aliphatic heterocycles. The lowest BCUT2D eigenvalue weighted by atomic mass is 10.1. The van der Waals surface area contributed by atoms with Crippen LogP contribution in [0, 0.1) is 0 Å². The molecule has 0 bridgehead atoms. The van der Waals surface area contributed by atoms with Crippen LogP contribution in [0.2, 0.25) is 0 Å². The van der Waals surface area contributed by atoms with Gasteiger partial charge in [0.25, 0.3) is 0 Å². The van der Waals surface area contributed by atoms with Gasteiger partial charge in [-0.2, -0.15) is 0 Å². The van der Waals surface area contributed by atoms with E-state index in [1.807, 2.05) is 6.07 Å². The van der Waals surface area contributed by atoms with Crippen LogP contribution in [-0.4, -0.2) is 25.1 Å². The average molecular weight is 298 g/mol. The molecule has 0 aromatic heterocycles. The minimum atomic E-state index is 0.774. The Hall–Kier alpha value is -0.540. The van der Waals surface area contributed by atoms with Crippen molar-refractivity contribution in [2.75, 3.05) is 14.2 Å². The van der Waals surface area contributed by atoms with Gasteiger partial charge in [-0.1, -0.05) is 18.9 Å². The molecule has 0 unspecified atom stereocenters. The van der Waals surface area contributed by atoms with Gasteiger partial charge < -0.3 is 4.74 Å². The highest BCUT2D eigenvalue weighted by molar-refractivity contribution is 9.10. The minimum absolute atomic E-state index is 0.774. The topological polar surface area (TPSA) is 12.5 Å². The zero-order chi connectivity index (χ0) is 12.3. The van der Waals surface area contributed by atoms with Crippen LogP contribution in [0.4, 0.5) is 0 Å². The monoisotopic (exact) mass is 297 g/mol. The second-order valence-corrected chi connectivity index (χ2v) is 5.68. The van der Waals surface area contributed by atoms with Crippen molar-refractivity contribution < 1.29 is 4.74 Å². The smallest absolute Gasteiger partial charge is 0.133 e. The van der Waals surface area contributed by atoms with Gasteiger partial charge >= 0.3 is 0 Å². The fourth-order valence-electron chi connectivity index (χ4n) is 2.57. The number of rotatable bonds is 4. The van der Waals surface area contributed by atoms with Crippen LogP contribution in [-0.2, 0) is 6.54 Å². The number of hydrogen-bond donors (Lipinski definition) is 0. The number of hydrogen-bond acceptors (Lipinski definition) is 2. The first-order valence-electron chi connectivity index (χ1n) is 6.23. The molecule has 0 radical (unpaired) electrons. The zero-order valence-electron chi connectivity index (χ0n) is 10.6. The SMILES string of the molecule is COc1ccc(CN(C)C2CCCC2)cc1Br. The second-order valence-electron chi connectivity index (χ2n) is 4.82. The molecule has 94 valence electrons. The Morgan fingerprint density at radius 1 is 1.35 bits per heavy atom. The van der Waals surface area contributed by atoms with Crippen molar-refractivity contribution in [1.82, 2.24) is 4.90 Å². The molecule has 1 aromatic rings. The number of halogens is 1. The molecule has 0 amide bonds. The third-order valence-electron chi connectivity index (χ3n) is 3.60. The summed E-state index contributed by atoms with van der Waals surface area (Å²) in [6, 6.07) is 7.11. The Morgan fingerprint density at radius 2 is 2.06 bits per heavy atom. The van der Waals surface area contributed by atoms with E-state index in [0.29, 0.717) is 0 Å². The van der Waals surface area contributed by atoms with Crippen LogP contribution in [0.3, 0.4) is 0 Å². The molecule has 0 heterocycles. The van der Waals surface area contributed by atoms with Gasteiger partial charge in [0.1, 0.15) is 5.75 Å². The van der Waals surface area contributed by atoms with Gasteiger partial charge in [-0.15, -0.1) is 0 Å². The Bertz CT molecular complexity index is 374. The lowest BCUT2D eigenvalue weighted by molar-refractivity contribution is 0.237. The maximum absolute atomic E-state index is 5.24. The molecule has 17 heavy (non-hydrogen) atoms. The molecule has 0 N–H and O–H groups in total. The predicted molar refractivity (Wildman–Crippen MR) is 74.4 cm³/mol. The van der Waals surface area contributed by atoms with Crippen molar-refractivity contribution in [2.24, 2.45) is 0 Å². The summed E-state index contributed by atoms with van der Waals surface area (Å²) >= 11 is 3.54. The lowest BCUT2D eigenvalue weighted by Crippen LogP contribution is -2.28. The Kier molecular flexibility index (Phi) is 4.46. The van der Waals surface area contributed by atoms with E-state index in [0.717, 1.165) is 22.8 Å². The summed E-state index contributed by atoms with van der Waals surface area (Å²) in [5, 5.41) is 0. The summed E-state index contributed by atoms with van der Waals surface area (Å²) in [4.78, 5) is 2.47. The molecule has 2 nitrogen and oxygen atoms in total. The van der Waals surface area contributed by atoms with Crippen molar-refractivity contribution in [2.45, 2.75) is 38.3 Å². The number of ether oxygens (including phenoxy) is 1. The van der Waals surface area contributed by atoms with Gasteiger partial charge in [0.2, 0.25) is 0 Å². The minimum Gasteiger partial charge on any atom is -0.496 e. The van der Waals surface area contributed by atoms with E-state index < -0.39 is 0 Å². The standard InChI is InChI=1S/C14H20BrNO/c1-16(12-5-3-4-6-12)10-11-7-8-14(17-2)13(15)9-11/h7-9,12H,3-6,10H2,1-2H3. The van der Waals surface area contributed by atoms with Gasteiger partial charge in [-0.3, -0.25) is 4.90 Å². The molecule has 2 rings (SSSR count). The Labute approximate surface area is 112 Å². The average Bonchev–Trinajstić information content (AvgIpc) is 2.82. The first-order chi connectivity index (χ1) is 8.20. The van der Waals surface area contributed by atoms with E-state index in [4.69, 9.17) is 4.74 Å². The van der Waals surface area contributed by atoms with Crippen molar-refractivity contribution in [1.29, 1.82) is 0 Å². The summed E-state index contributed by atoms with van der Waals surface area (Å²) in [5.74, 6) is 0.900. The van der Waals surface area contributed by atoms with Crippen molar-refractivity contribution in [3.8, 4) is 5.75 Å². The molecule has 1 saturated carbocycles. The quantitative estimate of drug-likeness (QED) is 0.837. The summed E-state index contributed by atoms with van der Waals surface area (Å²) < 4.78 is 6.28. The number of benzene rings is 1. The van der Waals surface area contributed by atoms with Gasteiger partial charge in [0.15, 0.2) is 0 Å². The molecular weight excluding hydrogens is 278 g/mol. The lowest BCUT2D eigenvalue weighted by Gasteiger charge is -2.24. The highest BCUT2D eigenvalue weighted by Gasteiger charge is 2.19. The molecule has 1 aromatic carbocycles. The highest BCUT2D eigenvalue weighted by Crippen LogP contribution is 2.28. The molecule has 0 saturated heterocycles. The van der Waals surface area contributed by atoms with E-state index in [2.05, 4.69) is 40.0 Å². The highest BCUT2D eigenvalue weighted by atomic mass is 79.9. The first-order valence-corrected chi connectivity index (χ1v) is 7.02. The van der Waals surface area contributed by atoms with E-state index >= 15 is 0 Å². The van der Waals surface area contributed by atoms with E-state index in [1.165, 1.54) is 31.2 Å². The van der Waals surface area contributed by atoms with Crippen LogP contribution in [0.5, 0.6) is 5.75 Å². The summed E-state index contributed by atoms with van der Waals surface area (Å²) in [6.07, 6.45) is 5.49. The van der Waals surface area contributed by atoms with E-state index in [-0.39, 0.29) is 0 Å². The third kappa shape index (κ3) is 3.23. The second kappa shape index (κ2) is 5.87. The fraction of sp³-hybridized carbons (Fsp3) is 0.571. The summed E-state index contributed by atoms with van der Waals surface area (Å²) in [5.41, 5.74) is 1.34. The summed E-state index contributed by atoms with van der Waals surface area (Å²) in [7, 11) is 3.93. The molecular formula is C14H20BrNO. The maximum Gasteiger partial charge on any atom is 0.133 e. The van der Waals surface area contributed by atoms with Crippen LogP contribution in [0.25, 0.3) is 0 Å². The van der Waals surface area contributed by atoms with Crippen molar-refractivity contribution >= 4 is 15.9 Å². The van der Waals surface area contributed by atoms with E-state index in [1.54, 1.807) is 7.11 Å². The first kappa shape index (κ1) is 12.9. The van der Waals surface area contributed by atoms with Gasteiger partial charge in [0, 0.05) is 12.6 Å². The molecule has 1 aliphatic rings. The van der Waals surface area contributed by atoms with Crippen LogP contribution < -0.4 is 4.74 Å². The Balaban J connectivity index is 2.00. The fourth-order valence-corrected chi connectivity index (χ4v) is 3.16. The predicted octanol–water partition coefficient (Wildman–Crippen LogP) is 3.83. The van der Waals surface area contributed by atoms with E-state index in [9.17, 15) is 0 Å². The number of methoxy groups -OCH3 is 1. The molecule has 0 spiro atoms. The van der Waals surface area contributed by atoms with Crippen LogP contribution in [0.1, 0.15) is 31.2 Å². The molecule has 1 fully saturated rings. The third-order valence-corrected chi connectivity index (χ3v) is 4.22. The van der Waals surface area contributed by atoms with Crippen molar-refractivity contribution in [3.05, 3.63) is 28.2 Å². The molecule has 0 atom stereocenters.